The van der Waals surface area contributed by atoms with Gasteiger partial charge in [0.2, 0.25) is 0 Å². The predicted octanol–water partition coefficient (Wildman–Crippen LogP) is 5.79. The zero-order valence-electron chi connectivity index (χ0n) is 13.4. The number of thioether (sulfide) groups is 2. The first-order valence-corrected chi connectivity index (χ1v) is 9.41. The van der Waals surface area contributed by atoms with Crippen LogP contribution in [-0.2, 0) is 9.53 Å². The summed E-state index contributed by atoms with van der Waals surface area (Å²) in [6.45, 7) is 5.82. The quantitative estimate of drug-likeness (QED) is 0.501. The lowest BCUT2D eigenvalue weighted by Gasteiger charge is -2.11. The van der Waals surface area contributed by atoms with Crippen LogP contribution in [-0.4, -0.2) is 12.6 Å². The molecule has 1 aliphatic rings. The van der Waals surface area contributed by atoms with Crippen molar-refractivity contribution in [3.8, 4) is 11.1 Å². The molecule has 0 saturated carbocycles. The summed E-state index contributed by atoms with van der Waals surface area (Å²) in [7, 11) is 0. The lowest BCUT2D eigenvalue weighted by Crippen LogP contribution is -2.02. The predicted molar refractivity (Wildman–Crippen MR) is 104 cm³/mol. The average molecular weight is 354 g/mol. The molecule has 0 aliphatic carbocycles. The minimum Gasteiger partial charge on any atom is -0.457 e. The van der Waals surface area contributed by atoms with Gasteiger partial charge in [0.1, 0.15) is 6.61 Å². The Balaban J connectivity index is 1.66. The van der Waals surface area contributed by atoms with Crippen molar-refractivity contribution in [1.82, 2.24) is 0 Å². The molecule has 1 aliphatic heterocycles. The third-order valence-corrected chi connectivity index (χ3v) is 6.72. The molecule has 1 unspecified atom stereocenters. The maximum Gasteiger partial charge on any atom is 0.330 e. The summed E-state index contributed by atoms with van der Waals surface area (Å²) in [6.07, 6.45) is 1.20. The van der Waals surface area contributed by atoms with Crippen LogP contribution < -0.4 is 0 Å². The second kappa shape index (κ2) is 7.77. The molecule has 3 rings (SSSR count). The standard InChI is InChI=1S/C20H18O2S2/c1-3-19(21)22-13-18-14(2)23-20(24-18)17-11-9-16(10-12-17)15-7-5-4-6-8-15/h3-12,20H,1,13H2,2H3. The highest BCUT2D eigenvalue weighted by Gasteiger charge is 2.25. The van der Waals surface area contributed by atoms with E-state index in [4.69, 9.17) is 4.74 Å². The number of hydrogen-bond acceptors (Lipinski definition) is 4. The van der Waals surface area contributed by atoms with Crippen LogP contribution in [0.1, 0.15) is 17.1 Å². The Morgan fingerprint density at radius 3 is 2.42 bits per heavy atom. The van der Waals surface area contributed by atoms with Crippen LogP contribution in [0.5, 0.6) is 0 Å². The first-order chi connectivity index (χ1) is 11.7. The molecule has 0 amide bonds. The number of carbonyl (C=O) groups is 1. The molecule has 4 heteroatoms. The van der Waals surface area contributed by atoms with E-state index in [1.54, 1.807) is 11.8 Å². The van der Waals surface area contributed by atoms with Gasteiger partial charge in [0, 0.05) is 11.0 Å². The molecule has 0 N–H and O–H groups in total. The van der Waals surface area contributed by atoms with E-state index in [0.29, 0.717) is 11.2 Å². The summed E-state index contributed by atoms with van der Waals surface area (Å²) < 4.78 is 5.47. The molecule has 0 bridgehead atoms. The zero-order valence-corrected chi connectivity index (χ0v) is 15.0. The highest BCUT2D eigenvalue weighted by molar-refractivity contribution is 8.22. The fourth-order valence-electron chi connectivity index (χ4n) is 2.39. The average Bonchev–Trinajstić information content (AvgIpc) is 3.01. The minimum atomic E-state index is -0.378. The van der Waals surface area contributed by atoms with E-state index in [1.165, 1.54) is 27.7 Å². The lowest BCUT2D eigenvalue weighted by atomic mass is 10.0. The normalized spacial score (nSPS) is 17.0. The van der Waals surface area contributed by atoms with Crippen LogP contribution in [0.15, 0.2) is 77.1 Å². The van der Waals surface area contributed by atoms with Gasteiger partial charge in [-0.2, -0.15) is 0 Å². The van der Waals surface area contributed by atoms with E-state index in [0.717, 1.165) is 4.91 Å². The summed E-state index contributed by atoms with van der Waals surface area (Å²) in [5.74, 6) is -0.378. The van der Waals surface area contributed by atoms with Crippen molar-refractivity contribution in [2.45, 2.75) is 11.5 Å². The number of carbonyl (C=O) groups excluding carboxylic acids is 1. The molecular formula is C20H18O2S2. The Morgan fingerprint density at radius 1 is 1.08 bits per heavy atom. The van der Waals surface area contributed by atoms with Gasteiger partial charge in [0.25, 0.3) is 0 Å². The van der Waals surface area contributed by atoms with Gasteiger partial charge in [0.15, 0.2) is 0 Å². The summed E-state index contributed by atoms with van der Waals surface area (Å²) in [5, 5.41) is 0. The van der Waals surface area contributed by atoms with E-state index in [2.05, 4.69) is 62.0 Å². The number of esters is 1. The van der Waals surface area contributed by atoms with Crippen LogP contribution >= 0.6 is 23.5 Å². The molecule has 1 heterocycles. The monoisotopic (exact) mass is 354 g/mol. The SMILES string of the molecule is C=CC(=O)OCC1=C(C)SC(c2ccc(-c3ccccc3)cc2)S1. The van der Waals surface area contributed by atoms with Crippen molar-refractivity contribution < 1.29 is 9.53 Å². The van der Waals surface area contributed by atoms with Gasteiger partial charge in [-0.25, -0.2) is 4.79 Å². The van der Waals surface area contributed by atoms with Gasteiger partial charge < -0.3 is 4.74 Å². The van der Waals surface area contributed by atoms with E-state index in [1.807, 2.05) is 17.8 Å². The molecule has 0 aromatic heterocycles. The molecular weight excluding hydrogens is 336 g/mol. The molecule has 0 radical (unpaired) electrons. The van der Waals surface area contributed by atoms with Crippen molar-refractivity contribution in [3.63, 3.8) is 0 Å². The van der Waals surface area contributed by atoms with E-state index < -0.39 is 0 Å². The summed E-state index contributed by atoms with van der Waals surface area (Å²) in [5.41, 5.74) is 3.72. The zero-order chi connectivity index (χ0) is 16.9. The van der Waals surface area contributed by atoms with Gasteiger partial charge in [-0.3, -0.25) is 0 Å². The van der Waals surface area contributed by atoms with Crippen molar-refractivity contribution >= 4 is 29.5 Å². The van der Waals surface area contributed by atoms with E-state index in [-0.39, 0.29) is 5.97 Å². The second-order valence-corrected chi connectivity index (χ2v) is 8.16. The van der Waals surface area contributed by atoms with Gasteiger partial charge in [0.05, 0.1) is 4.58 Å². The molecule has 122 valence electrons. The van der Waals surface area contributed by atoms with Crippen molar-refractivity contribution in [2.24, 2.45) is 0 Å². The Hall–Kier alpha value is -1.91. The van der Waals surface area contributed by atoms with E-state index >= 15 is 0 Å². The highest BCUT2D eigenvalue weighted by Crippen LogP contribution is 2.55. The largest absolute Gasteiger partial charge is 0.457 e. The Labute approximate surface area is 151 Å². The van der Waals surface area contributed by atoms with Crippen LogP contribution in [0, 0.1) is 0 Å². The van der Waals surface area contributed by atoms with Crippen molar-refractivity contribution in [3.05, 3.63) is 82.6 Å². The Kier molecular flexibility index (Phi) is 5.48. The van der Waals surface area contributed by atoms with Crippen molar-refractivity contribution in [2.75, 3.05) is 6.61 Å². The maximum absolute atomic E-state index is 11.2. The maximum atomic E-state index is 11.2. The third kappa shape index (κ3) is 3.94. The minimum absolute atomic E-state index is 0.312. The third-order valence-electron chi connectivity index (χ3n) is 3.73. The van der Waals surface area contributed by atoms with Crippen LogP contribution in [0.2, 0.25) is 0 Å². The molecule has 0 fully saturated rings. The van der Waals surface area contributed by atoms with Crippen molar-refractivity contribution in [1.29, 1.82) is 0 Å². The van der Waals surface area contributed by atoms with E-state index in [9.17, 15) is 4.79 Å². The van der Waals surface area contributed by atoms with Gasteiger partial charge in [-0.15, -0.1) is 23.5 Å². The Morgan fingerprint density at radius 2 is 1.75 bits per heavy atom. The van der Waals surface area contributed by atoms with Gasteiger partial charge in [-0.1, -0.05) is 61.2 Å². The van der Waals surface area contributed by atoms with Crippen LogP contribution in [0.4, 0.5) is 0 Å². The van der Waals surface area contributed by atoms with Gasteiger partial charge >= 0.3 is 5.97 Å². The molecule has 24 heavy (non-hydrogen) atoms. The number of hydrogen-bond donors (Lipinski definition) is 0. The smallest absolute Gasteiger partial charge is 0.330 e. The summed E-state index contributed by atoms with van der Waals surface area (Å²) in [4.78, 5) is 13.6. The Bertz CT molecular complexity index is 764. The first-order valence-electron chi connectivity index (χ1n) is 7.65. The molecule has 2 aromatic carbocycles. The second-order valence-electron chi connectivity index (χ2n) is 5.35. The molecule has 1 atom stereocenters. The molecule has 0 spiro atoms. The van der Waals surface area contributed by atoms with Gasteiger partial charge in [-0.05, 0) is 28.5 Å². The molecule has 2 aromatic rings. The van der Waals surface area contributed by atoms with Crippen LogP contribution in [0.25, 0.3) is 11.1 Å². The molecule has 0 saturated heterocycles. The fourth-order valence-corrected chi connectivity index (χ4v) is 5.31. The number of allylic oxidation sites excluding steroid dienone is 1. The topological polar surface area (TPSA) is 26.3 Å². The lowest BCUT2D eigenvalue weighted by molar-refractivity contribution is -0.136. The highest BCUT2D eigenvalue weighted by atomic mass is 32.2. The summed E-state index contributed by atoms with van der Waals surface area (Å²) in [6, 6.07) is 19.0. The fraction of sp³-hybridized carbons (Fsp3) is 0.150. The summed E-state index contributed by atoms with van der Waals surface area (Å²) >= 11 is 3.57. The first kappa shape index (κ1) is 16.9. The van der Waals surface area contributed by atoms with Crippen LogP contribution in [0.3, 0.4) is 0 Å². The number of ether oxygens (including phenoxy) is 1. The number of benzene rings is 2. The molecule has 2 nitrogen and oxygen atoms in total. The number of rotatable bonds is 5.